The van der Waals surface area contributed by atoms with Crippen molar-refractivity contribution in [3.8, 4) is 11.3 Å². The molecule has 0 aliphatic heterocycles. The molecule has 0 radical (unpaired) electrons. The third-order valence-corrected chi connectivity index (χ3v) is 5.34. The molecule has 9 heteroatoms. The summed E-state index contributed by atoms with van der Waals surface area (Å²) in [5, 5.41) is 3.78. The molecule has 1 heterocycles. The van der Waals surface area contributed by atoms with Gasteiger partial charge in [-0.15, -0.1) is 0 Å². The van der Waals surface area contributed by atoms with Gasteiger partial charge in [-0.2, -0.15) is 13.2 Å². The Hall–Kier alpha value is -3.13. The largest absolute Gasteiger partial charge is 0.416 e. The molecule has 1 aliphatic carbocycles. The second-order valence-corrected chi connectivity index (χ2v) is 7.39. The molecular weight excluding hydrogens is 417 g/mol. The van der Waals surface area contributed by atoms with Crippen molar-refractivity contribution < 1.29 is 18.0 Å². The van der Waals surface area contributed by atoms with Crippen LogP contribution in [0, 0.1) is 0 Å². The average Bonchev–Trinajstić information content (AvgIpc) is 2.69. The van der Waals surface area contributed by atoms with Crippen LogP contribution in [0.5, 0.6) is 0 Å². The van der Waals surface area contributed by atoms with Crippen LogP contribution < -0.4 is 11.1 Å². The zero-order valence-corrected chi connectivity index (χ0v) is 16.3. The van der Waals surface area contributed by atoms with Crippen LogP contribution in [0.2, 0.25) is 5.02 Å². The van der Waals surface area contributed by atoms with Crippen molar-refractivity contribution in [2.24, 2.45) is 0 Å². The highest BCUT2D eigenvalue weighted by Gasteiger charge is 2.31. The lowest BCUT2D eigenvalue weighted by Gasteiger charge is -2.20. The first-order valence-corrected chi connectivity index (χ1v) is 9.48. The highest BCUT2D eigenvalue weighted by atomic mass is 35.5. The average molecular weight is 433 g/mol. The van der Waals surface area contributed by atoms with Gasteiger partial charge in [0.05, 0.1) is 11.3 Å². The molecule has 30 heavy (non-hydrogen) atoms. The quantitative estimate of drug-likeness (QED) is 0.556. The molecule has 0 fully saturated rings. The molecule has 0 spiro atoms. The van der Waals surface area contributed by atoms with Gasteiger partial charge in [-0.25, -0.2) is 9.97 Å². The molecule has 0 unspecified atom stereocenters. The van der Waals surface area contributed by atoms with Crippen molar-refractivity contribution in [3.63, 3.8) is 0 Å². The van der Waals surface area contributed by atoms with Gasteiger partial charge in [0.25, 0.3) is 0 Å². The molecule has 0 amide bonds. The number of nitrogens with one attached hydrogen (secondary N) is 1. The monoisotopic (exact) mass is 432 g/mol. The minimum Gasteiger partial charge on any atom is -0.398 e. The Labute approximate surface area is 175 Å². The van der Waals surface area contributed by atoms with E-state index in [1.165, 1.54) is 12.4 Å². The molecule has 0 saturated carbocycles. The van der Waals surface area contributed by atoms with Crippen molar-refractivity contribution in [1.82, 2.24) is 9.97 Å². The van der Waals surface area contributed by atoms with Gasteiger partial charge in [-0.3, -0.25) is 4.79 Å². The van der Waals surface area contributed by atoms with E-state index in [0.717, 1.165) is 23.3 Å². The molecule has 1 aliphatic rings. The van der Waals surface area contributed by atoms with E-state index in [4.69, 9.17) is 17.3 Å². The summed E-state index contributed by atoms with van der Waals surface area (Å²) < 4.78 is 38.6. The number of halogens is 4. The molecule has 1 aromatic heterocycles. The third kappa shape index (κ3) is 3.95. The summed E-state index contributed by atoms with van der Waals surface area (Å²) in [6.07, 6.45) is -1.86. The molecule has 5 nitrogen and oxygen atoms in total. The fraction of sp³-hybridized carbons (Fsp3) is 0.190. The summed E-state index contributed by atoms with van der Waals surface area (Å²) in [6.45, 7) is 0. The molecule has 154 valence electrons. The van der Waals surface area contributed by atoms with Gasteiger partial charge >= 0.3 is 6.18 Å². The number of nitrogen functional groups attached to an aromatic ring is 1. The van der Waals surface area contributed by atoms with Crippen molar-refractivity contribution in [1.29, 1.82) is 0 Å². The van der Waals surface area contributed by atoms with Crippen LogP contribution >= 0.6 is 11.6 Å². The van der Waals surface area contributed by atoms with Crippen LogP contribution in [0.4, 0.5) is 30.4 Å². The Morgan fingerprint density at radius 1 is 1.03 bits per heavy atom. The minimum absolute atomic E-state index is 0.0380. The van der Waals surface area contributed by atoms with Crippen molar-refractivity contribution >= 4 is 34.6 Å². The first-order chi connectivity index (χ1) is 14.2. The van der Waals surface area contributed by atoms with Gasteiger partial charge in [0, 0.05) is 40.9 Å². The fourth-order valence-corrected chi connectivity index (χ4v) is 3.76. The molecule has 2 aromatic carbocycles. The van der Waals surface area contributed by atoms with Gasteiger partial charge in [0.15, 0.2) is 0 Å². The molecule has 0 bridgehead atoms. The number of nitrogens with zero attached hydrogens (tertiary/aromatic N) is 2. The zero-order valence-electron chi connectivity index (χ0n) is 15.6. The number of aromatic nitrogens is 2. The molecular formula is C21H16ClF3N4O. The van der Waals surface area contributed by atoms with Gasteiger partial charge in [0.1, 0.15) is 17.9 Å². The highest BCUT2D eigenvalue weighted by molar-refractivity contribution is 6.31. The van der Waals surface area contributed by atoms with Crippen LogP contribution in [0.1, 0.15) is 23.1 Å². The van der Waals surface area contributed by atoms with Gasteiger partial charge in [-0.05, 0) is 41.8 Å². The Kier molecular flexibility index (Phi) is 5.11. The number of hydrogen-bond donors (Lipinski definition) is 2. The number of ketones is 1. The highest BCUT2D eigenvalue weighted by Crippen LogP contribution is 2.36. The predicted octanol–water partition coefficient (Wildman–Crippen LogP) is 5.20. The molecule has 0 saturated heterocycles. The topological polar surface area (TPSA) is 80.9 Å². The predicted molar refractivity (Wildman–Crippen MR) is 109 cm³/mol. The van der Waals surface area contributed by atoms with E-state index < -0.39 is 11.7 Å². The van der Waals surface area contributed by atoms with Crippen molar-refractivity contribution in [2.45, 2.75) is 25.4 Å². The molecule has 3 N–H and O–H groups in total. The van der Waals surface area contributed by atoms with Crippen LogP contribution in [-0.2, 0) is 23.8 Å². The van der Waals surface area contributed by atoms with E-state index in [1.54, 1.807) is 18.2 Å². The van der Waals surface area contributed by atoms with E-state index in [-0.39, 0.29) is 17.9 Å². The maximum Gasteiger partial charge on any atom is 0.416 e. The third-order valence-electron chi connectivity index (χ3n) is 4.99. The standard InChI is InChI=1S/C21H16ClF3N4O/c22-16-5-6-18(15-8-12(30)2-4-13(15)16)29-20-9-19(27-10-28-20)14-3-1-11(7-17(14)26)21(23,24)25/h1,3,5-7,9-10H,2,4,8,26H2,(H,27,28,29). The second-order valence-electron chi connectivity index (χ2n) is 6.98. The number of carbonyl (C=O) groups excluding carboxylic acids is 1. The lowest BCUT2D eigenvalue weighted by molar-refractivity contribution is -0.137. The van der Waals surface area contributed by atoms with E-state index in [0.29, 0.717) is 40.6 Å². The number of alkyl halides is 3. The number of anilines is 3. The number of nitrogens with two attached hydrogens (primary N) is 1. The van der Waals surface area contributed by atoms with Crippen LogP contribution in [0.25, 0.3) is 11.3 Å². The smallest absolute Gasteiger partial charge is 0.398 e. The molecule has 4 rings (SSSR count). The lowest BCUT2D eigenvalue weighted by atomic mass is 9.89. The lowest BCUT2D eigenvalue weighted by Crippen LogP contribution is -2.15. The van der Waals surface area contributed by atoms with Crippen LogP contribution in [0.3, 0.4) is 0 Å². The summed E-state index contributed by atoms with van der Waals surface area (Å²) in [4.78, 5) is 20.2. The maximum atomic E-state index is 12.9. The summed E-state index contributed by atoms with van der Waals surface area (Å²) in [5.74, 6) is 0.551. The number of hydrogen-bond acceptors (Lipinski definition) is 5. The Morgan fingerprint density at radius 2 is 1.83 bits per heavy atom. The number of Topliss-reactive ketones (excluding diaryl/α,β-unsaturated/α-hetero) is 1. The number of carbonyl (C=O) groups is 1. The van der Waals surface area contributed by atoms with Crippen LogP contribution in [0.15, 0.2) is 42.7 Å². The van der Waals surface area contributed by atoms with E-state index in [9.17, 15) is 18.0 Å². The van der Waals surface area contributed by atoms with E-state index in [2.05, 4.69) is 15.3 Å². The summed E-state index contributed by atoms with van der Waals surface area (Å²) >= 11 is 6.27. The number of fused-ring (bicyclic) bond motifs is 1. The second kappa shape index (κ2) is 7.60. The summed E-state index contributed by atoms with van der Waals surface area (Å²) in [7, 11) is 0. The Morgan fingerprint density at radius 3 is 2.57 bits per heavy atom. The first kappa shape index (κ1) is 20.2. The summed E-state index contributed by atoms with van der Waals surface area (Å²) in [6, 6.07) is 8.24. The van der Waals surface area contributed by atoms with Crippen LogP contribution in [-0.4, -0.2) is 15.8 Å². The maximum absolute atomic E-state index is 12.9. The van der Waals surface area contributed by atoms with Crippen molar-refractivity contribution in [3.05, 3.63) is 64.4 Å². The molecule has 3 aromatic rings. The fourth-order valence-electron chi connectivity index (χ4n) is 3.49. The van der Waals surface area contributed by atoms with Gasteiger partial charge < -0.3 is 11.1 Å². The van der Waals surface area contributed by atoms with Gasteiger partial charge in [-0.1, -0.05) is 17.7 Å². The number of rotatable bonds is 3. The Balaban J connectivity index is 1.67. The normalized spacial score (nSPS) is 13.8. The zero-order chi connectivity index (χ0) is 21.5. The minimum atomic E-state index is -4.48. The van der Waals surface area contributed by atoms with E-state index >= 15 is 0 Å². The summed E-state index contributed by atoms with van der Waals surface area (Å²) in [5.41, 5.74) is 8.18. The first-order valence-electron chi connectivity index (χ1n) is 9.10. The van der Waals surface area contributed by atoms with Gasteiger partial charge in [0.2, 0.25) is 0 Å². The molecule has 0 atom stereocenters. The van der Waals surface area contributed by atoms with E-state index in [1.807, 2.05) is 0 Å². The number of benzene rings is 2. The Bertz CT molecular complexity index is 1150. The van der Waals surface area contributed by atoms with Crippen molar-refractivity contribution in [2.75, 3.05) is 11.1 Å². The SMILES string of the molecule is Nc1cc(C(F)(F)F)ccc1-c1cc(Nc2ccc(Cl)c3c2CC(=O)CC3)ncn1.